The van der Waals surface area contributed by atoms with Crippen molar-refractivity contribution < 1.29 is 13.2 Å². The molecular formula is C13H14N2O3S. The number of hydrogen-bond acceptors (Lipinski definition) is 4. The van der Waals surface area contributed by atoms with Crippen LogP contribution in [0.25, 0.3) is 0 Å². The summed E-state index contributed by atoms with van der Waals surface area (Å²) < 4.78 is 28.4. The van der Waals surface area contributed by atoms with Gasteiger partial charge in [-0.15, -0.1) is 0 Å². The maximum atomic E-state index is 11.4. The quantitative estimate of drug-likeness (QED) is 0.640. The third-order valence-electron chi connectivity index (χ3n) is 2.54. The van der Waals surface area contributed by atoms with Crippen LogP contribution in [0.15, 0.2) is 59.5 Å². The van der Waals surface area contributed by atoms with Crippen LogP contribution in [-0.4, -0.2) is 8.42 Å². The summed E-state index contributed by atoms with van der Waals surface area (Å²) in [4.78, 5) is 1.87. The van der Waals surface area contributed by atoms with E-state index in [1.807, 2.05) is 30.3 Å². The van der Waals surface area contributed by atoms with E-state index in [-0.39, 0.29) is 4.90 Å². The minimum absolute atomic E-state index is 0.0991. The molecule has 0 heterocycles. The second-order valence-corrected chi connectivity index (χ2v) is 5.58. The van der Waals surface area contributed by atoms with E-state index in [4.69, 9.17) is 10.6 Å². The summed E-state index contributed by atoms with van der Waals surface area (Å²) in [5.74, 6) is 5.54. The molecule has 0 amide bonds. The van der Waals surface area contributed by atoms with E-state index in [0.717, 1.165) is 5.56 Å². The zero-order chi connectivity index (χ0) is 13.7. The van der Waals surface area contributed by atoms with Crippen molar-refractivity contribution in [3.8, 4) is 5.75 Å². The van der Waals surface area contributed by atoms with Crippen molar-refractivity contribution >= 4 is 10.0 Å². The molecule has 0 aliphatic carbocycles. The first-order valence-electron chi connectivity index (χ1n) is 5.61. The summed E-state index contributed by atoms with van der Waals surface area (Å²) in [6.45, 7) is 0.433. The molecule has 2 aromatic rings. The third kappa shape index (κ3) is 3.54. The van der Waals surface area contributed by atoms with E-state index in [1.54, 1.807) is 17.0 Å². The molecule has 100 valence electrons. The Kier molecular flexibility index (Phi) is 4.16. The largest absolute Gasteiger partial charge is 0.489 e. The summed E-state index contributed by atoms with van der Waals surface area (Å²) in [7, 11) is -3.61. The maximum absolute atomic E-state index is 11.4. The monoisotopic (exact) mass is 278 g/mol. The molecule has 0 bridgehead atoms. The zero-order valence-electron chi connectivity index (χ0n) is 10.1. The average Bonchev–Trinajstić information content (AvgIpc) is 2.47. The Morgan fingerprint density at radius 1 is 1.00 bits per heavy atom. The van der Waals surface area contributed by atoms with Gasteiger partial charge >= 0.3 is 0 Å². The van der Waals surface area contributed by atoms with Gasteiger partial charge in [-0.3, -0.25) is 5.84 Å². The molecule has 2 aromatic carbocycles. The van der Waals surface area contributed by atoms with E-state index >= 15 is 0 Å². The number of hydrazine groups is 1. The van der Waals surface area contributed by atoms with Gasteiger partial charge in [0.15, 0.2) is 0 Å². The highest BCUT2D eigenvalue weighted by molar-refractivity contribution is 7.89. The number of benzene rings is 2. The molecule has 0 saturated heterocycles. The first-order chi connectivity index (χ1) is 9.12. The van der Waals surface area contributed by atoms with Crippen LogP contribution in [-0.2, 0) is 16.6 Å². The highest BCUT2D eigenvalue weighted by Crippen LogP contribution is 2.16. The van der Waals surface area contributed by atoms with Crippen LogP contribution < -0.4 is 15.4 Å². The normalized spacial score (nSPS) is 11.2. The Morgan fingerprint density at radius 3 is 2.21 bits per heavy atom. The van der Waals surface area contributed by atoms with Crippen molar-refractivity contribution in [1.82, 2.24) is 4.83 Å². The minimum Gasteiger partial charge on any atom is -0.489 e. The number of sulfonamides is 1. The van der Waals surface area contributed by atoms with Crippen LogP contribution in [0.2, 0.25) is 0 Å². The van der Waals surface area contributed by atoms with Crippen LogP contribution in [0.4, 0.5) is 0 Å². The molecule has 0 spiro atoms. The standard InChI is InChI=1S/C13H14N2O3S/c14-15-19(16,17)13-8-6-12(7-9-13)18-10-11-4-2-1-3-5-11/h1-9,15H,10,14H2. The van der Waals surface area contributed by atoms with E-state index in [9.17, 15) is 8.42 Å². The summed E-state index contributed by atoms with van der Waals surface area (Å²) in [5.41, 5.74) is 1.04. The highest BCUT2D eigenvalue weighted by Gasteiger charge is 2.10. The molecule has 6 heteroatoms. The molecule has 0 unspecified atom stereocenters. The van der Waals surface area contributed by atoms with E-state index < -0.39 is 10.0 Å². The Labute approximate surface area is 112 Å². The van der Waals surface area contributed by atoms with Crippen molar-refractivity contribution in [3.05, 3.63) is 60.2 Å². The smallest absolute Gasteiger partial charge is 0.253 e. The van der Waals surface area contributed by atoms with Gasteiger partial charge in [0.1, 0.15) is 12.4 Å². The van der Waals surface area contributed by atoms with E-state index in [0.29, 0.717) is 12.4 Å². The second kappa shape index (κ2) is 5.83. The van der Waals surface area contributed by atoms with E-state index in [1.165, 1.54) is 12.1 Å². The SMILES string of the molecule is NNS(=O)(=O)c1ccc(OCc2ccccc2)cc1. The van der Waals surface area contributed by atoms with Crippen LogP contribution in [0, 0.1) is 0 Å². The van der Waals surface area contributed by atoms with Gasteiger partial charge in [0, 0.05) is 0 Å². The first kappa shape index (κ1) is 13.5. The highest BCUT2D eigenvalue weighted by atomic mass is 32.2. The molecule has 0 atom stereocenters. The molecular weight excluding hydrogens is 264 g/mol. The third-order valence-corrected chi connectivity index (χ3v) is 3.74. The topological polar surface area (TPSA) is 81.4 Å². The van der Waals surface area contributed by atoms with Gasteiger partial charge in [0.05, 0.1) is 4.90 Å². The lowest BCUT2D eigenvalue weighted by Gasteiger charge is -2.07. The molecule has 0 fully saturated rings. The molecule has 2 rings (SSSR count). The number of ether oxygens (including phenoxy) is 1. The second-order valence-electron chi connectivity index (χ2n) is 3.87. The fraction of sp³-hybridized carbons (Fsp3) is 0.0769. The van der Waals surface area contributed by atoms with Crippen molar-refractivity contribution in [3.63, 3.8) is 0 Å². The van der Waals surface area contributed by atoms with Crippen LogP contribution in [0.5, 0.6) is 5.75 Å². The molecule has 3 N–H and O–H groups in total. The van der Waals surface area contributed by atoms with Gasteiger partial charge in [-0.05, 0) is 29.8 Å². The van der Waals surface area contributed by atoms with Gasteiger partial charge < -0.3 is 4.74 Å². The first-order valence-corrected chi connectivity index (χ1v) is 7.09. The van der Waals surface area contributed by atoms with Gasteiger partial charge in [-0.25, -0.2) is 8.42 Å². The van der Waals surface area contributed by atoms with Crippen molar-refractivity contribution in [2.24, 2.45) is 5.84 Å². The Morgan fingerprint density at radius 2 is 1.63 bits per heavy atom. The number of rotatable bonds is 5. The van der Waals surface area contributed by atoms with Crippen molar-refractivity contribution in [1.29, 1.82) is 0 Å². The van der Waals surface area contributed by atoms with Gasteiger partial charge in [0.2, 0.25) is 0 Å². The average molecular weight is 278 g/mol. The predicted octanol–water partition coefficient (Wildman–Crippen LogP) is 1.42. The molecule has 0 aliphatic rings. The summed E-state index contributed by atoms with van der Waals surface area (Å²) in [6.07, 6.45) is 0. The molecule has 5 nitrogen and oxygen atoms in total. The molecule has 0 aromatic heterocycles. The lowest BCUT2D eigenvalue weighted by molar-refractivity contribution is 0.306. The fourth-order valence-corrected chi connectivity index (χ4v) is 2.15. The van der Waals surface area contributed by atoms with Crippen molar-refractivity contribution in [2.45, 2.75) is 11.5 Å². The van der Waals surface area contributed by atoms with Gasteiger partial charge in [-0.1, -0.05) is 30.3 Å². The summed E-state index contributed by atoms with van der Waals surface area (Å²) in [5, 5.41) is 0. The van der Waals surface area contributed by atoms with E-state index in [2.05, 4.69) is 0 Å². The lowest BCUT2D eigenvalue weighted by Crippen LogP contribution is -2.30. The molecule has 0 radical (unpaired) electrons. The molecule has 19 heavy (non-hydrogen) atoms. The maximum Gasteiger partial charge on any atom is 0.253 e. The number of nitrogens with two attached hydrogens (primary N) is 1. The summed E-state index contributed by atoms with van der Waals surface area (Å²) in [6, 6.07) is 15.8. The number of nitrogens with one attached hydrogen (secondary N) is 1. The lowest BCUT2D eigenvalue weighted by atomic mass is 10.2. The molecule has 0 saturated carbocycles. The number of hydrogen-bond donors (Lipinski definition) is 2. The Hall–Kier alpha value is -1.89. The van der Waals surface area contributed by atoms with Crippen LogP contribution >= 0.6 is 0 Å². The van der Waals surface area contributed by atoms with Crippen LogP contribution in [0.1, 0.15) is 5.56 Å². The fourth-order valence-electron chi connectivity index (χ4n) is 1.52. The van der Waals surface area contributed by atoms with Gasteiger partial charge in [0.25, 0.3) is 10.0 Å². The van der Waals surface area contributed by atoms with Crippen LogP contribution in [0.3, 0.4) is 0 Å². The van der Waals surface area contributed by atoms with Gasteiger partial charge in [-0.2, -0.15) is 4.83 Å². The molecule has 0 aliphatic heterocycles. The Bertz CT molecular complexity index is 625. The summed E-state index contributed by atoms with van der Waals surface area (Å²) >= 11 is 0. The zero-order valence-corrected chi connectivity index (χ0v) is 10.9. The minimum atomic E-state index is -3.61. The predicted molar refractivity (Wildman–Crippen MR) is 71.7 cm³/mol. The Balaban J connectivity index is 2.04. The van der Waals surface area contributed by atoms with Crippen molar-refractivity contribution in [2.75, 3.05) is 0 Å².